The summed E-state index contributed by atoms with van der Waals surface area (Å²) in [6.45, 7) is 3.04. The highest BCUT2D eigenvalue weighted by atomic mass is 16.5. The maximum absolute atomic E-state index is 13.7. The van der Waals surface area contributed by atoms with E-state index in [0.29, 0.717) is 30.9 Å². The van der Waals surface area contributed by atoms with Crippen molar-refractivity contribution in [1.29, 1.82) is 5.41 Å². The average Bonchev–Trinajstić information content (AvgIpc) is 2.83. The second-order valence-corrected chi connectivity index (χ2v) is 9.57. The van der Waals surface area contributed by atoms with Crippen LogP contribution in [0.4, 0.5) is 0 Å². The summed E-state index contributed by atoms with van der Waals surface area (Å²) in [6, 6.07) is 6.70. The molecule has 9 nitrogen and oxygen atoms in total. The molecule has 0 radical (unpaired) electrons. The molecule has 1 unspecified atom stereocenters. The molecule has 0 aromatic heterocycles. The molecular formula is C25H39N5O4. The largest absolute Gasteiger partial charge is 0.494 e. The van der Waals surface area contributed by atoms with Crippen molar-refractivity contribution in [3.63, 3.8) is 0 Å². The number of benzene rings is 1. The molecule has 9 heteroatoms. The lowest BCUT2D eigenvalue weighted by Gasteiger charge is -2.43. The van der Waals surface area contributed by atoms with Crippen molar-refractivity contribution in [3.05, 3.63) is 29.8 Å². The number of hydrogen-bond donors (Lipinski definition) is 3. The summed E-state index contributed by atoms with van der Waals surface area (Å²) in [5, 5.41) is 17.0. The van der Waals surface area contributed by atoms with Gasteiger partial charge in [0.15, 0.2) is 0 Å². The number of carbonyl (C=O) groups excluding carboxylic acids is 1. The van der Waals surface area contributed by atoms with Crippen molar-refractivity contribution < 1.29 is 19.4 Å². The molecule has 4 N–H and O–H groups in total. The van der Waals surface area contributed by atoms with Gasteiger partial charge in [-0.3, -0.25) is 19.9 Å². The second kappa shape index (κ2) is 12.2. The highest BCUT2D eigenvalue weighted by Crippen LogP contribution is 2.25. The molecule has 2 aliphatic heterocycles. The molecule has 1 amide bonds. The molecule has 2 atom stereocenters. The van der Waals surface area contributed by atoms with Crippen LogP contribution in [0.3, 0.4) is 0 Å². The van der Waals surface area contributed by atoms with Gasteiger partial charge in [0, 0.05) is 30.6 Å². The van der Waals surface area contributed by atoms with E-state index < -0.39 is 12.0 Å². The first-order valence-electron chi connectivity index (χ1n) is 12.3. The van der Waals surface area contributed by atoms with Gasteiger partial charge in [0.2, 0.25) is 5.91 Å². The molecule has 0 spiro atoms. The minimum Gasteiger partial charge on any atom is -0.494 e. The lowest BCUT2D eigenvalue weighted by Crippen LogP contribution is -2.56. The molecule has 1 aromatic carbocycles. The summed E-state index contributed by atoms with van der Waals surface area (Å²) in [5.41, 5.74) is 6.14. The number of nitrogen functional groups attached to an aromatic ring is 1. The van der Waals surface area contributed by atoms with Crippen LogP contribution in [0.5, 0.6) is 5.75 Å². The maximum Gasteiger partial charge on any atom is 0.305 e. The SMILES string of the molecule is CN1CCC(N(C)[C@@H](CC(=O)O)C(=O)N2CCCCC2CCOc2ccc(C(=N)N)cc2)CC1. The molecule has 0 saturated carbocycles. The van der Waals surface area contributed by atoms with Crippen molar-refractivity contribution in [2.24, 2.45) is 5.73 Å². The molecule has 188 valence electrons. The van der Waals surface area contributed by atoms with Gasteiger partial charge in [-0.2, -0.15) is 0 Å². The highest BCUT2D eigenvalue weighted by Gasteiger charge is 2.37. The lowest BCUT2D eigenvalue weighted by atomic mass is 9.96. The summed E-state index contributed by atoms with van der Waals surface area (Å²) in [5.74, 6) is -0.295. The Morgan fingerprint density at radius 3 is 2.47 bits per heavy atom. The Kier molecular flexibility index (Phi) is 9.29. The average molecular weight is 474 g/mol. The normalized spacial score (nSPS) is 20.8. The first kappa shape index (κ1) is 26.0. The van der Waals surface area contributed by atoms with Crippen LogP contribution in [0, 0.1) is 5.41 Å². The summed E-state index contributed by atoms with van der Waals surface area (Å²) in [7, 11) is 4.00. The molecule has 2 aliphatic rings. The van der Waals surface area contributed by atoms with Gasteiger partial charge in [0.1, 0.15) is 11.6 Å². The first-order chi connectivity index (χ1) is 16.3. The molecule has 3 rings (SSSR count). The maximum atomic E-state index is 13.7. The lowest BCUT2D eigenvalue weighted by molar-refractivity contribution is -0.149. The number of carboxylic acids is 1. The summed E-state index contributed by atoms with van der Waals surface area (Å²) in [6.07, 6.45) is 5.29. The third-order valence-corrected chi connectivity index (χ3v) is 7.20. The zero-order valence-electron chi connectivity index (χ0n) is 20.4. The van der Waals surface area contributed by atoms with Gasteiger partial charge in [-0.25, -0.2) is 0 Å². The summed E-state index contributed by atoms with van der Waals surface area (Å²) in [4.78, 5) is 31.5. The van der Waals surface area contributed by atoms with E-state index in [4.69, 9.17) is 15.9 Å². The van der Waals surface area contributed by atoms with Gasteiger partial charge in [-0.15, -0.1) is 0 Å². The number of nitrogens with one attached hydrogen (secondary N) is 1. The minimum absolute atomic E-state index is 0.0176. The molecular weight excluding hydrogens is 434 g/mol. The standard InChI is InChI=1S/C25H39N5O4/c1-28-14-10-19(11-15-28)29(2)22(17-23(31)32)25(33)30-13-4-3-5-20(30)12-16-34-21-8-6-18(7-9-21)24(26)27/h6-9,19-20,22H,3-5,10-17H2,1-2H3,(H3,26,27)(H,31,32)/t20?,22-/m0/s1. The van der Waals surface area contributed by atoms with Crippen LogP contribution in [0.2, 0.25) is 0 Å². The van der Waals surface area contributed by atoms with Gasteiger partial charge in [-0.1, -0.05) is 0 Å². The smallest absolute Gasteiger partial charge is 0.305 e. The Morgan fingerprint density at radius 2 is 1.85 bits per heavy atom. The van der Waals surface area contributed by atoms with E-state index in [2.05, 4.69) is 11.9 Å². The van der Waals surface area contributed by atoms with E-state index in [-0.39, 0.29) is 30.2 Å². The van der Waals surface area contributed by atoms with Crippen LogP contribution >= 0.6 is 0 Å². The monoisotopic (exact) mass is 473 g/mol. The van der Waals surface area contributed by atoms with E-state index in [0.717, 1.165) is 45.2 Å². The Labute approximate surface area is 202 Å². The Balaban J connectivity index is 1.62. The number of nitrogens with two attached hydrogens (primary N) is 1. The predicted octanol–water partition coefficient (Wildman–Crippen LogP) is 1.99. The summed E-state index contributed by atoms with van der Waals surface area (Å²) >= 11 is 0. The fraction of sp³-hybridized carbons (Fsp3) is 0.640. The summed E-state index contributed by atoms with van der Waals surface area (Å²) < 4.78 is 5.89. The Morgan fingerprint density at radius 1 is 1.18 bits per heavy atom. The zero-order valence-corrected chi connectivity index (χ0v) is 20.4. The molecule has 2 saturated heterocycles. The number of carbonyl (C=O) groups is 2. The Bertz CT molecular complexity index is 838. The van der Waals surface area contributed by atoms with Crippen molar-refractivity contribution in [3.8, 4) is 5.75 Å². The number of hydrogen-bond acceptors (Lipinski definition) is 6. The molecule has 2 heterocycles. The number of aliphatic carboxylic acids is 1. The number of ether oxygens (including phenoxy) is 1. The van der Waals surface area contributed by atoms with E-state index >= 15 is 0 Å². The van der Waals surface area contributed by atoms with E-state index in [9.17, 15) is 14.7 Å². The second-order valence-electron chi connectivity index (χ2n) is 9.57. The molecule has 1 aromatic rings. The Hall–Kier alpha value is -2.65. The molecule has 0 bridgehead atoms. The predicted molar refractivity (Wildman–Crippen MR) is 131 cm³/mol. The fourth-order valence-electron chi connectivity index (χ4n) is 5.05. The van der Waals surface area contributed by atoms with Crippen molar-refractivity contribution in [1.82, 2.24) is 14.7 Å². The van der Waals surface area contributed by atoms with E-state index in [1.165, 1.54) is 0 Å². The van der Waals surface area contributed by atoms with Crippen molar-refractivity contribution >= 4 is 17.7 Å². The van der Waals surface area contributed by atoms with Crippen LogP contribution < -0.4 is 10.5 Å². The van der Waals surface area contributed by atoms with Crippen LogP contribution in [0.1, 0.15) is 50.5 Å². The number of amides is 1. The zero-order chi connectivity index (χ0) is 24.7. The minimum atomic E-state index is -0.941. The van der Waals surface area contributed by atoms with Crippen molar-refractivity contribution in [2.75, 3.05) is 40.3 Å². The first-order valence-corrected chi connectivity index (χ1v) is 12.3. The van der Waals surface area contributed by atoms with Gasteiger partial charge in [-0.05, 0) is 83.6 Å². The quantitative estimate of drug-likeness (QED) is 0.351. The number of likely N-dealkylation sites (tertiary alicyclic amines) is 2. The van der Waals surface area contributed by atoms with Gasteiger partial charge in [0.05, 0.1) is 19.1 Å². The van der Waals surface area contributed by atoms with Crippen LogP contribution in [0.25, 0.3) is 0 Å². The third-order valence-electron chi connectivity index (χ3n) is 7.20. The van der Waals surface area contributed by atoms with Crippen LogP contribution in [0.15, 0.2) is 24.3 Å². The number of piperidine rings is 2. The number of likely N-dealkylation sites (N-methyl/N-ethyl adjacent to an activating group) is 1. The van der Waals surface area contributed by atoms with Crippen LogP contribution in [-0.4, -0.2) is 96.0 Å². The topological polar surface area (TPSA) is 123 Å². The molecule has 34 heavy (non-hydrogen) atoms. The highest BCUT2D eigenvalue weighted by molar-refractivity contribution is 5.94. The van der Waals surface area contributed by atoms with Gasteiger partial charge < -0.3 is 25.4 Å². The number of nitrogens with zero attached hydrogens (tertiary/aromatic N) is 3. The van der Waals surface area contributed by atoms with Gasteiger partial charge in [0.25, 0.3) is 0 Å². The van der Waals surface area contributed by atoms with Gasteiger partial charge >= 0.3 is 5.97 Å². The van der Waals surface area contributed by atoms with E-state index in [1.807, 2.05) is 16.8 Å². The molecule has 0 aliphatic carbocycles. The van der Waals surface area contributed by atoms with Crippen molar-refractivity contribution in [2.45, 2.75) is 63.1 Å². The fourth-order valence-corrected chi connectivity index (χ4v) is 5.05. The number of rotatable bonds is 10. The third kappa shape index (κ3) is 6.93. The number of amidine groups is 1. The molecule has 2 fully saturated rings. The van der Waals surface area contributed by atoms with E-state index in [1.54, 1.807) is 24.3 Å². The number of carboxylic acid groups (broad SMARTS) is 1. The van der Waals surface area contributed by atoms with Crippen LogP contribution in [-0.2, 0) is 9.59 Å².